The normalized spacial score (nSPS) is 40.2. The molecule has 1 heteroatoms. The SMILES string of the molecule is CCCCCC1CCC(C#C[C@H]2CC[C@H]([C@H]3CC[C@H](C)CC3)CC2)C(F)C1. The van der Waals surface area contributed by atoms with Crippen molar-refractivity contribution in [2.75, 3.05) is 0 Å². The molecule has 0 N–H and O–H groups in total. The fraction of sp³-hybridized carbons (Fsp3) is 0.923. The molecule has 3 aliphatic carbocycles. The van der Waals surface area contributed by atoms with Crippen LogP contribution in [0.15, 0.2) is 0 Å². The maximum absolute atomic E-state index is 14.6. The minimum Gasteiger partial charge on any atom is -0.246 e. The Hall–Kier alpha value is -0.510. The Morgan fingerprint density at radius 1 is 0.778 bits per heavy atom. The molecule has 0 spiro atoms. The molecule has 3 rings (SSSR count). The van der Waals surface area contributed by atoms with Crippen LogP contribution < -0.4 is 0 Å². The summed E-state index contributed by atoms with van der Waals surface area (Å²) in [6.07, 6.45) is 18.5. The van der Waals surface area contributed by atoms with Crippen molar-refractivity contribution in [3.63, 3.8) is 0 Å². The van der Waals surface area contributed by atoms with E-state index in [9.17, 15) is 4.39 Å². The van der Waals surface area contributed by atoms with Gasteiger partial charge in [0.1, 0.15) is 6.17 Å². The number of halogens is 1. The lowest BCUT2D eigenvalue weighted by Gasteiger charge is -2.36. The second-order valence-electron chi connectivity index (χ2n) is 10.2. The highest BCUT2D eigenvalue weighted by Crippen LogP contribution is 2.41. The molecule has 0 saturated heterocycles. The number of hydrogen-bond donors (Lipinski definition) is 0. The van der Waals surface area contributed by atoms with Crippen molar-refractivity contribution in [1.82, 2.24) is 0 Å². The second-order valence-corrected chi connectivity index (χ2v) is 10.2. The molecule has 0 nitrogen and oxygen atoms in total. The molecule has 154 valence electrons. The van der Waals surface area contributed by atoms with Gasteiger partial charge in [0, 0.05) is 5.92 Å². The van der Waals surface area contributed by atoms with Crippen LogP contribution in [0.3, 0.4) is 0 Å². The first-order valence-corrected chi connectivity index (χ1v) is 12.3. The zero-order chi connectivity index (χ0) is 19.1. The van der Waals surface area contributed by atoms with Gasteiger partial charge in [0.2, 0.25) is 0 Å². The van der Waals surface area contributed by atoms with Gasteiger partial charge in [0.05, 0.1) is 5.92 Å². The lowest BCUT2D eigenvalue weighted by Crippen LogP contribution is -2.26. The van der Waals surface area contributed by atoms with Gasteiger partial charge < -0.3 is 0 Å². The summed E-state index contributed by atoms with van der Waals surface area (Å²) in [4.78, 5) is 0. The first-order chi connectivity index (χ1) is 13.2. The Bertz CT molecular complexity index is 470. The zero-order valence-electron chi connectivity index (χ0n) is 18.0. The van der Waals surface area contributed by atoms with Gasteiger partial charge in [-0.3, -0.25) is 0 Å². The highest BCUT2D eigenvalue weighted by atomic mass is 19.1. The van der Waals surface area contributed by atoms with Crippen LogP contribution in [-0.2, 0) is 0 Å². The predicted octanol–water partition coefficient (Wildman–Crippen LogP) is 7.96. The van der Waals surface area contributed by atoms with E-state index in [2.05, 4.69) is 25.7 Å². The van der Waals surface area contributed by atoms with E-state index < -0.39 is 6.17 Å². The molecule has 0 aromatic carbocycles. The molecule has 0 aromatic heterocycles. The van der Waals surface area contributed by atoms with E-state index in [0.29, 0.717) is 11.8 Å². The molecule has 0 heterocycles. The Labute approximate surface area is 168 Å². The molecular weight excluding hydrogens is 331 g/mol. The number of unbranched alkanes of at least 4 members (excludes halogenated alkanes) is 2. The maximum Gasteiger partial charge on any atom is 0.114 e. The molecule has 3 aliphatic rings. The van der Waals surface area contributed by atoms with Crippen molar-refractivity contribution in [2.45, 2.75) is 116 Å². The van der Waals surface area contributed by atoms with Crippen LogP contribution >= 0.6 is 0 Å². The van der Waals surface area contributed by atoms with Crippen LogP contribution in [0.5, 0.6) is 0 Å². The largest absolute Gasteiger partial charge is 0.246 e. The van der Waals surface area contributed by atoms with E-state index in [1.165, 1.54) is 83.5 Å². The van der Waals surface area contributed by atoms with Gasteiger partial charge in [0.15, 0.2) is 0 Å². The second kappa shape index (κ2) is 10.9. The fourth-order valence-electron chi connectivity index (χ4n) is 6.02. The van der Waals surface area contributed by atoms with E-state index in [0.717, 1.165) is 30.6 Å². The smallest absolute Gasteiger partial charge is 0.114 e. The quantitative estimate of drug-likeness (QED) is 0.338. The highest BCUT2D eigenvalue weighted by molar-refractivity contribution is 5.11. The lowest BCUT2D eigenvalue weighted by molar-refractivity contribution is 0.151. The van der Waals surface area contributed by atoms with Crippen LogP contribution in [-0.4, -0.2) is 6.17 Å². The van der Waals surface area contributed by atoms with Crippen molar-refractivity contribution in [3.05, 3.63) is 0 Å². The van der Waals surface area contributed by atoms with Crippen molar-refractivity contribution in [1.29, 1.82) is 0 Å². The molecule has 27 heavy (non-hydrogen) atoms. The molecule has 3 saturated carbocycles. The van der Waals surface area contributed by atoms with Gasteiger partial charge in [-0.2, -0.15) is 0 Å². The molecular formula is C26H43F. The Morgan fingerprint density at radius 2 is 1.44 bits per heavy atom. The maximum atomic E-state index is 14.6. The van der Waals surface area contributed by atoms with Crippen molar-refractivity contribution in [3.8, 4) is 11.8 Å². The number of hydrogen-bond acceptors (Lipinski definition) is 0. The summed E-state index contributed by atoms with van der Waals surface area (Å²) < 4.78 is 14.6. The summed E-state index contributed by atoms with van der Waals surface area (Å²) >= 11 is 0. The van der Waals surface area contributed by atoms with E-state index in [4.69, 9.17) is 0 Å². The average molecular weight is 375 g/mol. The van der Waals surface area contributed by atoms with E-state index in [1.807, 2.05) is 0 Å². The molecule has 3 fully saturated rings. The van der Waals surface area contributed by atoms with Crippen LogP contribution in [0.25, 0.3) is 0 Å². The molecule has 3 unspecified atom stereocenters. The summed E-state index contributed by atoms with van der Waals surface area (Å²) in [5.74, 6) is 11.1. The number of alkyl halides is 1. The first kappa shape index (κ1) is 21.2. The summed E-state index contributed by atoms with van der Waals surface area (Å²) in [6.45, 7) is 4.66. The zero-order valence-corrected chi connectivity index (χ0v) is 18.0. The van der Waals surface area contributed by atoms with Gasteiger partial charge >= 0.3 is 0 Å². The summed E-state index contributed by atoms with van der Waals surface area (Å²) in [6, 6.07) is 0. The van der Waals surface area contributed by atoms with Crippen LogP contribution in [0.4, 0.5) is 4.39 Å². The van der Waals surface area contributed by atoms with Crippen LogP contribution in [0.2, 0.25) is 0 Å². The third-order valence-electron chi connectivity index (χ3n) is 8.07. The molecule has 0 aliphatic heterocycles. The van der Waals surface area contributed by atoms with Gasteiger partial charge in [-0.1, -0.05) is 64.2 Å². The third-order valence-corrected chi connectivity index (χ3v) is 8.07. The molecule has 0 bridgehead atoms. The monoisotopic (exact) mass is 374 g/mol. The highest BCUT2D eigenvalue weighted by Gasteiger charge is 2.31. The minimum atomic E-state index is -0.668. The first-order valence-electron chi connectivity index (χ1n) is 12.3. The molecule has 3 atom stereocenters. The molecule has 0 amide bonds. The summed E-state index contributed by atoms with van der Waals surface area (Å²) in [5.41, 5.74) is 0. The lowest BCUT2D eigenvalue weighted by atomic mass is 9.69. The van der Waals surface area contributed by atoms with E-state index in [1.54, 1.807) is 0 Å². The van der Waals surface area contributed by atoms with Crippen molar-refractivity contribution < 1.29 is 4.39 Å². The van der Waals surface area contributed by atoms with Crippen molar-refractivity contribution in [2.24, 2.45) is 35.5 Å². The fourth-order valence-corrected chi connectivity index (χ4v) is 6.02. The van der Waals surface area contributed by atoms with Gasteiger partial charge in [-0.15, -0.1) is 0 Å². The average Bonchev–Trinajstić information content (AvgIpc) is 2.69. The third kappa shape index (κ3) is 6.51. The van der Waals surface area contributed by atoms with Crippen molar-refractivity contribution >= 4 is 0 Å². The molecule has 0 aromatic rings. The van der Waals surface area contributed by atoms with Crippen LogP contribution in [0.1, 0.15) is 110 Å². The van der Waals surface area contributed by atoms with E-state index in [-0.39, 0.29) is 5.92 Å². The predicted molar refractivity (Wildman–Crippen MR) is 114 cm³/mol. The van der Waals surface area contributed by atoms with E-state index >= 15 is 0 Å². The van der Waals surface area contributed by atoms with Gasteiger partial charge in [0.25, 0.3) is 0 Å². The standard InChI is InChI=1S/C26H43F/c1-3-4-5-6-22-12-18-25(26(27)19-22)17-11-21-9-15-24(16-10-21)23-13-7-20(2)8-14-23/h20-26H,3-10,12-16,18-19H2,1-2H3/t20-,21-,22?,23-,24-,25?,26?. The van der Waals surface area contributed by atoms with Crippen LogP contribution in [0, 0.1) is 47.3 Å². The number of rotatable bonds is 5. The minimum absolute atomic E-state index is 0.0324. The Morgan fingerprint density at radius 3 is 2.07 bits per heavy atom. The van der Waals surface area contributed by atoms with Gasteiger partial charge in [-0.25, -0.2) is 4.39 Å². The summed E-state index contributed by atoms with van der Waals surface area (Å²) in [5, 5.41) is 0. The topological polar surface area (TPSA) is 0 Å². The Kier molecular flexibility index (Phi) is 8.54. The molecule has 0 radical (unpaired) electrons. The summed E-state index contributed by atoms with van der Waals surface area (Å²) in [7, 11) is 0. The van der Waals surface area contributed by atoms with Gasteiger partial charge in [-0.05, 0) is 81.5 Å². The Balaban J connectivity index is 1.38.